The number of oxazole rings is 1. The first kappa shape index (κ1) is 14.6. The van der Waals surface area contributed by atoms with E-state index in [-0.39, 0.29) is 6.10 Å². The van der Waals surface area contributed by atoms with E-state index in [1.807, 2.05) is 31.2 Å². The Labute approximate surface area is 129 Å². The van der Waals surface area contributed by atoms with Crippen molar-refractivity contribution in [2.24, 2.45) is 0 Å². The lowest BCUT2D eigenvalue weighted by Gasteiger charge is -2.28. The molecule has 0 spiro atoms. The summed E-state index contributed by atoms with van der Waals surface area (Å²) in [6.45, 7) is 4.51. The van der Waals surface area contributed by atoms with Gasteiger partial charge in [0.1, 0.15) is 5.76 Å². The lowest BCUT2D eigenvalue weighted by atomic mass is 10.1. The third kappa shape index (κ3) is 3.46. The van der Waals surface area contributed by atoms with Gasteiger partial charge in [0, 0.05) is 30.2 Å². The van der Waals surface area contributed by atoms with Crippen LogP contribution in [0.2, 0.25) is 5.02 Å². The third-order valence-corrected chi connectivity index (χ3v) is 4.13. The number of rotatable bonds is 3. The topological polar surface area (TPSA) is 49.5 Å². The lowest BCUT2D eigenvalue weighted by molar-refractivity contribution is 0.0785. The largest absolute Gasteiger partial charge is 0.441 e. The van der Waals surface area contributed by atoms with Gasteiger partial charge in [0.15, 0.2) is 0 Å². The molecule has 0 aliphatic carbocycles. The second-order valence-electron chi connectivity index (χ2n) is 5.54. The predicted molar refractivity (Wildman–Crippen MR) is 82.2 cm³/mol. The Morgan fingerprint density at radius 1 is 1.38 bits per heavy atom. The van der Waals surface area contributed by atoms with E-state index < -0.39 is 0 Å². The second kappa shape index (κ2) is 6.18. The minimum absolute atomic E-state index is 0.151. The molecule has 1 fully saturated rings. The van der Waals surface area contributed by atoms with Crippen LogP contribution in [0, 0.1) is 6.92 Å². The molecule has 0 unspecified atom stereocenters. The highest BCUT2D eigenvalue weighted by molar-refractivity contribution is 6.30. The summed E-state index contributed by atoms with van der Waals surface area (Å²) in [5.41, 5.74) is 1.85. The number of benzene rings is 1. The van der Waals surface area contributed by atoms with Crippen LogP contribution in [0.1, 0.15) is 24.3 Å². The average molecular weight is 307 g/mol. The van der Waals surface area contributed by atoms with Crippen LogP contribution in [0.5, 0.6) is 0 Å². The van der Waals surface area contributed by atoms with Crippen molar-refractivity contribution in [3.05, 3.63) is 40.7 Å². The van der Waals surface area contributed by atoms with Crippen molar-refractivity contribution in [3.8, 4) is 11.5 Å². The molecule has 0 radical (unpaired) electrons. The number of halogens is 1. The maximum absolute atomic E-state index is 9.55. The monoisotopic (exact) mass is 306 g/mol. The maximum atomic E-state index is 9.55. The molecule has 4 nitrogen and oxygen atoms in total. The molecule has 1 aromatic heterocycles. The molecule has 0 atom stereocenters. The molecule has 3 rings (SSSR count). The van der Waals surface area contributed by atoms with Gasteiger partial charge in [-0.3, -0.25) is 4.90 Å². The zero-order chi connectivity index (χ0) is 14.8. The van der Waals surface area contributed by atoms with Crippen molar-refractivity contribution in [3.63, 3.8) is 0 Å². The zero-order valence-electron chi connectivity index (χ0n) is 12.1. The van der Waals surface area contributed by atoms with E-state index in [0.29, 0.717) is 10.9 Å². The highest BCUT2D eigenvalue weighted by Gasteiger charge is 2.20. The number of aromatic nitrogens is 1. The third-order valence-electron chi connectivity index (χ3n) is 3.89. The van der Waals surface area contributed by atoms with Crippen molar-refractivity contribution in [2.45, 2.75) is 32.4 Å². The van der Waals surface area contributed by atoms with Crippen molar-refractivity contribution < 1.29 is 9.52 Å². The number of hydrogen-bond acceptors (Lipinski definition) is 4. The molecule has 1 aromatic carbocycles. The van der Waals surface area contributed by atoms with Gasteiger partial charge in [-0.2, -0.15) is 0 Å². The van der Waals surface area contributed by atoms with Gasteiger partial charge in [0.25, 0.3) is 0 Å². The Morgan fingerprint density at radius 2 is 2.14 bits per heavy atom. The molecule has 1 aliphatic rings. The minimum atomic E-state index is -0.151. The summed E-state index contributed by atoms with van der Waals surface area (Å²) < 4.78 is 5.77. The number of aliphatic hydroxyl groups is 1. The Morgan fingerprint density at radius 3 is 2.86 bits per heavy atom. The molecule has 21 heavy (non-hydrogen) atoms. The summed E-state index contributed by atoms with van der Waals surface area (Å²) >= 11 is 6.01. The van der Waals surface area contributed by atoms with Gasteiger partial charge in [0.2, 0.25) is 5.89 Å². The van der Waals surface area contributed by atoms with E-state index in [1.54, 1.807) is 0 Å². The second-order valence-corrected chi connectivity index (χ2v) is 5.98. The number of aryl methyl sites for hydroxylation is 1. The summed E-state index contributed by atoms with van der Waals surface area (Å²) in [6.07, 6.45) is 1.51. The summed E-state index contributed by atoms with van der Waals surface area (Å²) in [5.74, 6) is 1.46. The summed E-state index contributed by atoms with van der Waals surface area (Å²) in [6, 6.07) is 7.52. The average Bonchev–Trinajstić information content (AvgIpc) is 2.83. The molecule has 5 heteroatoms. The van der Waals surface area contributed by atoms with Crippen LogP contribution in [0.25, 0.3) is 11.5 Å². The van der Waals surface area contributed by atoms with Crippen LogP contribution < -0.4 is 0 Å². The van der Waals surface area contributed by atoms with E-state index >= 15 is 0 Å². The molecule has 2 aromatic rings. The van der Waals surface area contributed by atoms with Crippen LogP contribution in [-0.2, 0) is 6.54 Å². The van der Waals surface area contributed by atoms with E-state index in [0.717, 1.165) is 49.5 Å². The van der Waals surface area contributed by atoms with Crippen LogP contribution >= 0.6 is 11.6 Å². The molecule has 0 bridgehead atoms. The SMILES string of the molecule is Cc1oc(-c2cccc(Cl)c2)nc1CN1CCC(O)CC1. The van der Waals surface area contributed by atoms with E-state index in [2.05, 4.69) is 9.88 Å². The summed E-state index contributed by atoms with van der Waals surface area (Å²) in [5, 5.41) is 10.2. The van der Waals surface area contributed by atoms with Gasteiger partial charge >= 0.3 is 0 Å². The number of piperidine rings is 1. The lowest BCUT2D eigenvalue weighted by Crippen LogP contribution is -2.35. The first-order chi connectivity index (χ1) is 10.1. The van der Waals surface area contributed by atoms with Crippen LogP contribution in [-0.4, -0.2) is 34.2 Å². The van der Waals surface area contributed by atoms with Crippen molar-refractivity contribution in [1.82, 2.24) is 9.88 Å². The standard InChI is InChI=1S/C16H19ClN2O2/c1-11-15(10-19-7-5-14(20)6-8-19)18-16(21-11)12-3-2-4-13(17)9-12/h2-4,9,14,20H,5-8,10H2,1H3. The maximum Gasteiger partial charge on any atom is 0.226 e. The molecule has 2 heterocycles. The number of hydrogen-bond donors (Lipinski definition) is 1. The van der Waals surface area contributed by atoms with Crippen LogP contribution in [0.3, 0.4) is 0 Å². The molecular weight excluding hydrogens is 288 g/mol. The summed E-state index contributed by atoms with van der Waals surface area (Å²) in [7, 11) is 0. The Kier molecular flexibility index (Phi) is 4.29. The normalized spacial score (nSPS) is 17.3. The molecular formula is C16H19ClN2O2. The summed E-state index contributed by atoms with van der Waals surface area (Å²) in [4.78, 5) is 6.91. The van der Waals surface area contributed by atoms with Gasteiger partial charge in [0.05, 0.1) is 11.8 Å². The van der Waals surface area contributed by atoms with E-state index in [9.17, 15) is 5.11 Å². The smallest absolute Gasteiger partial charge is 0.226 e. The molecule has 112 valence electrons. The van der Waals surface area contributed by atoms with Crippen molar-refractivity contribution in [2.75, 3.05) is 13.1 Å². The van der Waals surface area contributed by atoms with Crippen molar-refractivity contribution in [1.29, 1.82) is 0 Å². The fourth-order valence-electron chi connectivity index (χ4n) is 2.61. The van der Waals surface area contributed by atoms with Crippen LogP contribution in [0.4, 0.5) is 0 Å². The molecule has 1 N–H and O–H groups in total. The Bertz CT molecular complexity index is 618. The van der Waals surface area contributed by atoms with Crippen LogP contribution in [0.15, 0.2) is 28.7 Å². The molecule has 1 aliphatic heterocycles. The minimum Gasteiger partial charge on any atom is -0.441 e. The first-order valence-corrected chi connectivity index (χ1v) is 7.62. The fourth-order valence-corrected chi connectivity index (χ4v) is 2.80. The fraction of sp³-hybridized carbons (Fsp3) is 0.438. The number of aliphatic hydroxyl groups excluding tert-OH is 1. The number of likely N-dealkylation sites (tertiary alicyclic amines) is 1. The first-order valence-electron chi connectivity index (χ1n) is 7.24. The number of nitrogens with zero attached hydrogens (tertiary/aromatic N) is 2. The van der Waals surface area contributed by atoms with E-state index in [1.165, 1.54) is 0 Å². The van der Waals surface area contributed by atoms with Gasteiger partial charge in [-0.15, -0.1) is 0 Å². The molecule has 0 amide bonds. The van der Waals surface area contributed by atoms with Gasteiger partial charge in [-0.25, -0.2) is 4.98 Å². The Hall–Kier alpha value is -1.36. The predicted octanol–water partition coefficient (Wildman–Crippen LogP) is 3.26. The van der Waals surface area contributed by atoms with E-state index in [4.69, 9.17) is 16.0 Å². The zero-order valence-corrected chi connectivity index (χ0v) is 12.8. The molecule has 0 saturated carbocycles. The Balaban J connectivity index is 1.75. The highest BCUT2D eigenvalue weighted by Crippen LogP contribution is 2.25. The van der Waals surface area contributed by atoms with Gasteiger partial charge in [-0.05, 0) is 38.0 Å². The van der Waals surface area contributed by atoms with Gasteiger partial charge in [-0.1, -0.05) is 17.7 Å². The van der Waals surface area contributed by atoms with Crippen molar-refractivity contribution >= 4 is 11.6 Å². The molecule has 1 saturated heterocycles. The highest BCUT2D eigenvalue weighted by atomic mass is 35.5. The quantitative estimate of drug-likeness (QED) is 0.945. The van der Waals surface area contributed by atoms with Gasteiger partial charge < -0.3 is 9.52 Å².